The molecule has 0 saturated carbocycles. The first kappa shape index (κ1) is 13.4. The second-order valence-electron chi connectivity index (χ2n) is 6.46. The average Bonchev–Trinajstić information content (AvgIpc) is 2.77. The van der Waals surface area contributed by atoms with E-state index in [9.17, 15) is 0 Å². The minimum absolute atomic E-state index is 0.0512. The van der Waals surface area contributed by atoms with Gasteiger partial charge in [-0.25, -0.2) is 4.68 Å². The molecule has 2 heterocycles. The van der Waals surface area contributed by atoms with Crippen LogP contribution in [0.5, 0.6) is 0 Å². The van der Waals surface area contributed by atoms with Gasteiger partial charge in [0, 0.05) is 0 Å². The van der Waals surface area contributed by atoms with Gasteiger partial charge in [-0.1, -0.05) is 0 Å². The third-order valence-electron chi connectivity index (χ3n) is 3.87. The summed E-state index contributed by atoms with van der Waals surface area (Å²) in [5, 5.41) is 12.3. The molecule has 1 aromatic rings. The van der Waals surface area contributed by atoms with Crippen LogP contribution in [0.4, 0.5) is 0 Å². The van der Waals surface area contributed by atoms with Gasteiger partial charge in [0.25, 0.3) is 0 Å². The summed E-state index contributed by atoms with van der Waals surface area (Å²) in [5.74, 6) is 1.01. The molecule has 1 atom stereocenters. The average molecular weight is 254 g/mol. The van der Waals surface area contributed by atoms with Gasteiger partial charge < -0.3 is 9.80 Å². The number of piperazine rings is 1. The zero-order valence-corrected chi connectivity index (χ0v) is 12.2. The van der Waals surface area contributed by atoms with Crippen molar-refractivity contribution in [3.8, 4) is 0 Å². The van der Waals surface area contributed by atoms with Crippen molar-refractivity contribution in [3.05, 3.63) is 5.82 Å². The molecular formula is C12H26N6+2. The van der Waals surface area contributed by atoms with Crippen LogP contribution in [0.15, 0.2) is 0 Å². The van der Waals surface area contributed by atoms with E-state index in [4.69, 9.17) is 0 Å². The maximum atomic E-state index is 4.25. The van der Waals surface area contributed by atoms with Crippen LogP contribution < -0.4 is 9.80 Å². The van der Waals surface area contributed by atoms with Crippen molar-refractivity contribution >= 4 is 0 Å². The zero-order valence-electron chi connectivity index (χ0n) is 12.2. The van der Waals surface area contributed by atoms with Gasteiger partial charge in [0.15, 0.2) is 0 Å². The van der Waals surface area contributed by atoms with E-state index in [0.29, 0.717) is 6.04 Å². The molecule has 1 saturated heterocycles. The summed E-state index contributed by atoms with van der Waals surface area (Å²) in [4.78, 5) is 3.22. The molecule has 6 nitrogen and oxygen atoms in total. The fourth-order valence-electron chi connectivity index (χ4n) is 2.56. The Labute approximate surface area is 109 Å². The highest BCUT2D eigenvalue weighted by Crippen LogP contribution is 2.16. The molecule has 0 amide bonds. The second-order valence-corrected chi connectivity index (χ2v) is 6.46. The number of tetrazole rings is 1. The van der Waals surface area contributed by atoms with Gasteiger partial charge in [0.2, 0.25) is 5.82 Å². The standard InChI is InChI=1S/C12H24N6/c1-10(17-8-6-16(5)7-9-17)11-13-14-15-18(11)12(2,3)4/h10H,6-9H2,1-5H3/p+2/t10-/m1/s1. The third kappa shape index (κ3) is 2.70. The van der Waals surface area contributed by atoms with Crippen molar-refractivity contribution in [1.82, 2.24) is 20.2 Å². The minimum Gasteiger partial charge on any atom is -0.328 e. The summed E-state index contributed by atoms with van der Waals surface area (Å²) < 4.78 is 1.97. The van der Waals surface area contributed by atoms with Crippen molar-refractivity contribution in [2.45, 2.75) is 39.3 Å². The Bertz CT molecular complexity index is 386. The van der Waals surface area contributed by atoms with Crippen LogP contribution >= 0.6 is 0 Å². The van der Waals surface area contributed by atoms with Crippen molar-refractivity contribution in [3.63, 3.8) is 0 Å². The Morgan fingerprint density at radius 2 is 1.78 bits per heavy atom. The summed E-state index contributed by atoms with van der Waals surface area (Å²) >= 11 is 0. The number of rotatable bonds is 2. The monoisotopic (exact) mass is 254 g/mol. The predicted octanol–water partition coefficient (Wildman–Crippen LogP) is -2.10. The summed E-state index contributed by atoms with van der Waals surface area (Å²) in [6.45, 7) is 13.5. The van der Waals surface area contributed by atoms with Crippen molar-refractivity contribution in [2.75, 3.05) is 33.2 Å². The first-order chi connectivity index (χ1) is 8.39. The fraction of sp³-hybridized carbons (Fsp3) is 0.917. The Morgan fingerprint density at radius 3 is 2.33 bits per heavy atom. The van der Waals surface area contributed by atoms with Gasteiger partial charge in [0.05, 0.1) is 12.6 Å². The summed E-state index contributed by atoms with van der Waals surface area (Å²) in [6.07, 6.45) is 0. The number of aromatic nitrogens is 4. The highest BCUT2D eigenvalue weighted by atomic mass is 15.6. The molecule has 102 valence electrons. The van der Waals surface area contributed by atoms with E-state index >= 15 is 0 Å². The summed E-state index contributed by atoms with van der Waals surface area (Å²) in [6, 6.07) is 0.368. The highest BCUT2D eigenvalue weighted by Gasteiger charge is 2.32. The lowest BCUT2D eigenvalue weighted by Crippen LogP contribution is -3.26. The van der Waals surface area contributed by atoms with Gasteiger partial charge in [-0.2, -0.15) is 0 Å². The smallest absolute Gasteiger partial charge is 0.209 e. The van der Waals surface area contributed by atoms with Crippen LogP contribution in [-0.2, 0) is 5.54 Å². The molecule has 1 aliphatic heterocycles. The SMILES string of the molecule is C[C@H](c1nnnn1C(C)(C)C)[NH+]1CC[NH+](C)CC1. The molecule has 0 bridgehead atoms. The minimum atomic E-state index is -0.0512. The predicted molar refractivity (Wildman–Crippen MR) is 68.5 cm³/mol. The summed E-state index contributed by atoms with van der Waals surface area (Å²) in [5.41, 5.74) is -0.0512. The molecule has 0 spiro atoms. The number of hydrogen-bond acceptors (Lipinski definition) is 3. The normalized spacial score (nSPS) is 27.2. The number of nitrogens with zero attached hydrogens (tertiary/aromatic N) is 4. The van der Waals surface area contributed by atoms with Crippen LogP contribution in [0.1, 0.15) is 39.6 Å². The van der Waals surface area contributed by atoms with Crippen molar-refractivity contribution < 1.29 is 9.80 Å². The quantitative estimate of drug-likeness (QED) is 0.636. The largest absolute Gasteiger partial charge is 0.328 e. The van der Waals surface area contributed by atoms with Gasteiger partial charge in [-0.05, 0) is 38.1 Å². The molecule has 0 aliphatic carbocycles. The molecular weight excluding hydrogens is 228 g/mol. The van der Waals surface area contributed by atoms with E-state index in [1.165, 1.54) is 26.2 Å². The lowest BCUT2D eigenvalue weighted by Gasteiger charge is -2.32. The van der Waals surface area contributed by atoms with E-state index in [-0.39, 0.29) is 5.54 Å². The van der Waals surface area contributed by atoms with E-state index in [1.54, 1.807) is 9.80 Å². The summed E-state index contributed by atoms with van der Waals surface area (Å²) in [7, 11) is 2.26. The lowest BCUT2D eigenvalue weighted by atomic mass is 10.1. The third-order valence-corrected chi connectivity index (χ3v) is 3.87. The molecule has 1 aliphatic rings. The molecule has 2 N–H and O–H groups in total. The van der Waals surface area contributed by atoms with Gasteiger partial charge in [-0.15, -0.1) is 5.10 Å². The van der Waals surface area contributed by atoms with E-state index in [2.05, 4.69) is 50.3 Å². The van der Waals surface area contributed by atoms with Gasteiger partial charge >= 0.3 is 0 Å². The van der Waals surface area contributed by atoms with Crippen molar-refractivity contribution in [1.29, 1.82) is 0 Å². The zero-order chi connectivity index (χ0) is 13.3. The first-order valence-electron chi connectivity index (χ1n) is 6.84. The maximum Gasteiger partial charge on any atom is 0.209 e. The first-order valence-corrected chi connectivity index (χ1v) is 6.84. The maximum absolute atomic E-state index is 4.25. The van der Waals surface area contributed by atoms with Crippen LogP contribution in [0.25, 0.3) is 0 Å². The Kier molecular flexibility index (Phi) is 3.68. The topological polar surface area (TPSA) is 52.5 Å². The van der Waals surface area contributed by atoms with E-state index in [0.717, 1.165) is 5.82 Å². The molecule has 0 aromatic carbocycles. The van der Waals surface area contributed by atoms with Gasteiger partial charge in [-0.3, -0.25) is 0 Å². The Morgan fingerprint density at radius 1 is 1.17 bits per heavy atom. The molecule has 6 heteroatoms. The number of hydrogen-bond donors (Lipinski definition) is 2. The number of likely N-dealkylation sites (N-methyl/N-ethyl adjacent to an activating group) is 1. The van der Waals surface area contributed by atoms with Crippen molar-refractivity contribution in [2.24, 2.45) is 0 Å². The van der Waals surface area contributed by atoms with Crippen LogP contribution in [-0.4, -0.2) is 53.4 Å². The molecule has 0 radical (unpaired) electrons. The Hall–Kier alpha value is -1.01. The molecule has 2 rings (SSSR count). The van der Waals surface area contributed by atoms with Crippen LogP contribution in [0.3, 0.4) is 0 Å². The lowest BCUT2D eigenvalue weighted by molar-refractivity contribution is -1.02. The molecule has 18 heavy (non-hydrogen) atoms. The van der Waals surface area contributed by atoms with Crippen LogP contribution in [0, 0.1) is 0 Å². The van der Waals surface area contributed by atoms with E-state index in [1.807, 2.05) is 4.68 Å². The fourth-order valence-corrected chi connectivity index (χ4v) is 2.56. The second kappa shape index (κ2) is 4.93. The van der Waals surface area contributed by atoms with Gasteiger partial charge in [0.1, 0.15) is 32.2 Å². The van der Waals surface area contributed by atoms with Crippen LogP contribution in [0.2, 0.25) is 0 Å². The Balaban J connectivity index is 2.14. The number of quaternary nitrogens is 2. The number of nitrogens with one attached hydrogen (secondary N) is 2. The van der Waals surface area contributed by atoms with E-state index < -0.39 is 0 Å². The molecule has 0 unspecified atom stereocenters. The highest BCUT2D eigenvalue weighted by molar-refractivity contribution is 4.90. The molecule has 1 fully saturated rings. The molecule has 1 aromatic heterocycles.